The molecule has 0 heterocycles. The second-order valence-electron chi connectivity index (χ2n) is 1.21. The Morgan fingerprint density at radius 1 is 1.57 bits per heavy atom. The van der Waals surface area contributed by atoms with Crippen LogP contribution in [0.3, 0.4) is 0 Å². The third kappa shape index (κ3) is 2.73. The zero-order chi connectivity index (χ0) is 5.86. The maximum absolute atomic E-state index is 8.04. The molecule has 40 valence electrons. The zero-order valence-electron chi connectivity index (χ0n) is 3.86. The lowest BCUT2D eigenvalue weighted by Gasteiger charge is -1.97. The maximum atomic E-state index is 8.04. The lowest BCUT2D eigenvalue weighted by molar-refractivity contribution is 0.986. The summed E-state index contributed by atoms with van der Waals surface area (Å²) in [6.45, 7) is 1.68. The molecule has 0 saturated heterocycles. The Kier molecular flexibility index (Phi) is 3.15. The SMILES string of the molecule is C[C@@H](Cl)[C@@H](Cl)C#N. The van der Waals surface area contributed by atoms with E-state index in [2.05, 4.69) is 0 Å². The summed E-state index contributed by atoms with van der Waals surface area (Å²) in [5.74, 6) is 0. The Labute approximate surface area is 52.8 Å². The molecule has 1 nitrogen and oxygen atoms in total. The predicted molar refractivity (Wildman–Crippen MR) is 30.6 cm³/mol. The van der Waals surface area contributed by atoms with Gasteiger partial charge in [-0.3, -0.25) is 0 Å². The van der Waals surface area contributed by atoms with Crippen LogP contribution in [-0.2, 0) is 0 Å². The smallest absolute Gasteiger partial charge is 0.136 e. The topological polar surface area (TPSA) is 23.8 Å². The molecule has 2 atom stereocenters. The van der Waals surface area contributed by atoms with Crippen molar-refractivity contribution < 1.29 is 0 Å². The van der Waals surface area contributed by atoms with Crippen molar-refractivity contribution in [1.29, 1.82) is 5.26 Å². The molecule has 0 saturated carbocycles. The largest absolute Gasteiger partial charge is 0.197 e. The van der Waals surface area contributed by atoms with E-state index < -0.39 is 5.38 Å². The molecule has 0 unspecified atom stereocenters. The van der Waals surface area contributed by atoms with Crippen molar-refractivity contribution in [1.82, 2.24) is 0 Å². The summed E-state index contributed by atoms with van der Waals surface area (Å²) in [4.78, 5) is 0. The Hall–Kier alpha value is 0.0700. The van der Waals surface area contributed by atoms with Crippen LogP contribution in [0.25, 0.3) is 0 Å². The molecule has 0 rings (SSSR count). The van der Waals surface area contributed by atoms with Gasteiger partial charge in [0.2, 0.25) is 0 Å². The molecule has 0 amide bonds. The van der Waals surface area contributed by atoms with Crippen LogP contribution in [0, 0.1) is 11.3 Å². The van der Waals surface area contributed by atoms with E-state index in [4.69, 9.17) is 28.5 Å². The monoisotopic (exact) mass is 137 g/mol. The average molecular weight is 138 g/mol. The van der Waals surface area contributed by atoms with Gasteiger partial charge in [0.15, 0.2) is 0 Å². The molecular weight excluding hydrogens is 133 g/mol. The number of hydrogen-bond acceptors (Lipinski definition) is 1. The Morgan fingerprint density at radius 2 is 2.00 bits per heavy atom. The summed E-state index contributed by atoms with van der Waals surface area (Å²) in [7, 11) is 0. The van der Waals surface area contributed by atoms with E-state index in [1.54, 1.807) is 13.0 Å². The highest BCUT2D eigenvalue weighted by Crippen LogP contribution is 2.06. The van der Waals surface area contributed by atoms with Crippen molar-refractivity contribution in [2.45, 2.75) is 17.7 Å². The second kappa shape index (κ2) is 3.12. The van der Waals surface area contributed by atoms with Crippen molar-refractivity contribution in [2.75, 3.05) is 0 Å². The highest BCUT2D eigenvalue weighted by atomic mass is 35.5. The summed E-state index contributed by atoms with van der Waals surface area (Å²) < 4.78 is 0. The van der Waals surface area contributed by atoms with Crippen LogP contribution in [0.4, 0.5) is 0 Å². The number of alkyl halides is 2. The quantitative estimate of drug-likeness (QED) is 0.506. The van der Waals surface area contributed by atoms with Gasteiger partial charge in [-0.05, 0) is 6.92 Å². The number of rotatable bonds is 1. The molecule has 0 fully saturated rings. The summed E-state index contributed by atoms with van der Waals surface area (Å²) >= 11 is 10.7. The van der Waals surface area contributed by atoms with E-state index >= 15 is 0 Å². The van der Waals surface area contributed by atoms with Crippen LogP contribution >= 0.6 is 23.2 Å². The number of nitrogens with zero attached hydrogens (tertiary/aromatic N) is 1. The first-order valence-electron chi connectivity index (χ1n) is 1.86. The van der Waals surface area contributed by atoms with Crippen LogP contribution in [0.1, 0.15) is 6.92 Å². The van der Waals surface area contributed by atoms with Crippen molar-refractivity contribution in [3.05, 3.63) is 0 Å². The maximum Gasteiger partial charge on any atom is 0.136 e. The molecule has 0 radical (unpaired) electrons. The molecular formula is C4H5Cl2N. The fraction of sp³-hybridized carbons (Fsp3) is 0.750. The minimum atomic E-state index is -0.554. The van der Waals surface area contributed by atoms with Gasteiger partial charge < -0.3 is 0 Å². The summed E-state index contributed by atoms with van der Waals surface area (Å²) in [6, 6.07) is 1.80. The Balaban J connectivity index is 3.40. The molecule has 3 heteroatoms. The molecule has 0 aliphatic carbocycles. The van der Waals surface area contributed by atoms with Gasteiger partial charge in [-0.15, -0.1) is 23.2 Å². The van der Waals surface area contributed by atoms with Gasteiger partial charge in [-0.1, -0.05) is 0 Å². The van der Waals surface area contributed by atoms with Crippen molar-refractivity contribution in [3.8, 4) is 6.07 Å². The Bertz CT molecular complexity index is 84.2. The molecule has 0 aromatic heterocycles. The predicted octanol–water partition coefficient (Wildman–Crippen LogP) is 1.74. The minimum Gasteiger partial charge on any atom is -0.197 e. The standard InChI is InChI=1S/C4H5Cl2N/c1-3(5)4(6)2-7/h3-4H,1H3/t3-,4+/m1/s1. The van der Waals surface area contributed by atoms with Crippen LogP contribution in [0.15, 0.2) is 0 Å². The first kappa shape index (κ1) is 7.07. The number of halogens is 2. The minimum absolute atomic E-state index is 0.258. The van der Waals surface area contributed by atoms with Crippen LogP contribution < -0.4 is 0 Å². The fourth-order valence-electron chi connectivity index (χ4n) is 0.103. The summed E-state index contributed by atoms with van der Waals surface area (Å²) in [5.41, 5.74) is 0. The number of nitriles is 1. The second-order valence-corrected chi connectivity index (χ2v) is 2.37. The lowest BCUT2D eigenvalue weighted by atomic mass is 10.4. The van der Waals surface area contributed by atoms with Crippen LogP contribution in [-0.4, -0.2) is 10.8 Å². The van der Waals surface area contributed by atoms with Gasteiger partial charge >= 0.3 is 0 Å². The highest BCUT2D eigenvalue weighted by molar-refractivity contribution is 6.31. The zero-order valence-corrected chi connectivity index (χ0v) is 5.37. The molecule has 0 aliphatic heterocycles. The van der Waals surface area contributed by atoms with E-state index in [1.807, 2.05) is 0 Å². The van der Waals surface area contributed by atoms with Gasteiger partial charge in [-0.25, -0.2) is 0 Å². The van der Waals surface area contributed by atoms with E-state index in [0.717, 1.165) is 0 Å². The molecule has 0 spiro atoms. The first-order valence-corrected chi connectivity index (χ1v) is 2.73. The summed E-state index contributed by atoms with van der Waals surface area (Å²) in [6.07, 6.45) is 0. The van der Waals surface area contributed by atoms with Gasteiger partial charge in [-0.2, -0.15) is 5.26 Å². The van der Waals surface area contributed by atoms with E-state index in [9.17, 15) is 0 Å². The lowest BCUT2D eigenvalue weighted by Crippen LogP contribution is -2.06. The summed E-state index contributed by atoms with van der Waals surface area (Å²) in [5, 5.41) is 7.23. The third-order valence-corrected chi connectivity index (χ3v) is 1.38. The van der Waals surface area contributed by atoms with Gasteiger partial charge in [0.1, 0.15) is 5.38 Å². The average Bonchev–Trinajstić information content (AvgIpc) is 1.65. The Morgan fingerprint density at radius 3 is 2.00 bits per heavy atom. The fourth-order valence-corrected chi connectivity index (χ4v) is 0.159. The van der Waals surface area contributed by atoms with Crippen LogP contribution in [0.5, 0.6) is 0 Å². The first-order chi connectivity index (χ1) is 3.18. The van der Waals surface area contributed by atoms with Gasteiger partial charge in [0.25, 0.3) is 0 Å². The molecule has 0 aromatic carbocycles. The molecule has 0 N–H and O–H groups in total. The molecule has 0 bridgehead atoms. The molecule has 0 aliphatic rings. The molecule has 7 heavy (non-hydrogen) atoms. The number of hydrogen-bond donors (Lipinski definition) is 0. The van der Waals surface area contributed by atoms with Crippen LogP contribution in [0.2, 0.25) is 0 Å². The van der Waals surface area contributed by atoms with E-state index in [0.29, 0.717) is 0 Å². The van der Waals surface area contributed by atoms with Gasteiger partial charge in [0.05, 0.1) is 11.4 Å². The normalized spacial score (nSPS) is 17.4. The van der Waals surface area contributed by atoms with Crippen molar-refractivity contribution >= 4 is 23.2 Å². The van der Waals surface area contributed by atoms with E-state index in [1.165, 1.54) is 0 Å². The highest BCUT2D eigenvalue weighted by Gasteiger charge is 2.07. The third-order valence-electron chi connectivity index (χ3n) is 0.527. The van der Waals surface area contributed by atoms with Gasteiger partial charge in [0, 0.05) is 0 Å². The van der Waals surface area contributed by atoms with E-state index in [-0.39, 0.29) is 5.38 Å². The van der Waals surface area contributed by atoms with Crippen molar-refractivity contribution in [2.24, 2.45) is 0 Å². The molecule has 0 aromatic rings. The van der Waals surface area contributed by atoms with Crippen molar-refractivity contribution in [3.63, 3.8) is 0 Å².